The summed E-state index contributed by atoms with van der Waals surface area (Å²) in [4.78, 5) is 21.9. The molecule has 0 radical (unpaired) electrons. The highest BCUT2D eigenvalue weighted by Gasteiger charge is 2.32. The highest BCUT2D eigenvalue weighted by molar-refractivity contribution is 5.79. The molecule has 1 unspecified atom stereocenters. The Labute approximate surface area is 113 Å². The first-order valence-corrected chi connectivity index (χ1v) is 7.16. The normalized spacial score (nSPS) is 24.9. The van der Waals surface area contributed by atoms with Gasteiger partial charge in [-0.05, 0) is 19.8 Å². The highest BCUT2D eigenvalue weighted by Crippen LogP contribution is 2.28. The van der Waals surface area contributed by atoms with Crippen LogP contribution in [-0.4, -0.2) is 40.5 Å². The Morgan fingerprint density at radius 2 is 2.26 bits per heavy atom. The average molecular weight is 263 g/mol. The van der Waals surface area contributed by atoms with Gasteiger partial charge in [-0.1, -0.05) is 12.8 Å². The van der Waals surface area contributed by atoms with E-state index in [1.165, 1.54) is 12.8 Å². The Morgan fingerprint density at radius 3 is 2.95 bits per heavy atom. The molecular weight excluding hydrogens is 242 g/mol. The zero-order chi connectivity index (χ0) is 13.2. The van der Waals surface area contributed by atoms with Crippen molar-refractivity contribution in [3.63, 3.8) is 0 Å². The lowest BCUT2D eigenvalue weighted by Crippen LogP contribution is -2.44. The predicted octanol–water partition coefficient (Wildman–Crippen LogP) is 1.81. The van der Waals surface area contributed by atoms with Crippen molar-refractivity contribution in [1.82, 2.24) is 14.9 Å². The number of aromatic amines is 1. The molecule has 19 heavy (non-hydrogen) atoms. The zero-order valence-corrected chi connectivity index (χ0v) is 11.4. The third-order valence-electron chi connectivity index (χ3n) is 4.11. The molecule has 0 aromatic carbocycles. The Bertz CT molecular complexity index is 451. The van der Waals surface area contributed by atoms with Crippen molar-refractivity contribution in [1.29, 1.82) is 0 Å². The van der Waals surface area contributed by atoms with Crippen molar-refractivity contribution >= 4 is 5.91 Å². The minimum atomic E-state index is -0.104. The van der Waals surface area contributed by atoms with Gasteiger partial charge in [0.2, 0.25) is 5.91 Å². The van der Waals surface area contributed by atoms with Gasteiger partial charge >= 0.3 is 0 Å². The maximum Gasteiger partial charge on any atom is 0.225 e. The molecule has 1 atom stereocenters. The number of carbonyl (C=O) groups is 1. The molecule has 1 saturated heterocycles. The maximum absolute atomic E-state index is 12.4. The Morgan fingerprint density at radius 1 is 1.47 bits per heavy atom. The standard InChI is InChI=1S/C14H21N3O2/c1-10-8-15-13(16-10)12-9-17(6-7-19-12)14(18)11-4-2-3-5-11/h8,11-12H,2-7,9H2,1H3,(H,15,16). The summed E-state index contributed by atoms with van der Waals surface area (Å²) in [6.45, 7) is 3.91. The van der Waals surface area contributed by atoms with Crippen molar-refractivity contribution in [3.8, 4) is 0 Å². The number of rotatable bonds is 2. The van der Waals surface area contributed by atoms with Crippen molar-refractivity contribution in [2.45, 2.75) is 38.7 Å². The van der Waals surface area contributed by atoms with Crippen LogP contribution in [-0.2, 0) is 9.53 Å². The van der Waals surface area contributed by atoms with Gasteiger partial charge < -0.3 is 14.6 Å². The van der Waals surface area contributed by atoms with Gasteiger partial charge in [0.25, 0.3) is 0 Å². The number of carbonyl (C=O) groups excluding carboxylic acids is 1. The second-order valence-corrected chi connectivity index (χ2v) is 5.58. The average Bonchev–Trinajstić information content (AvgIpc) is 3.09. The van der Waals surface area contributed by atoms with E-state index in [1.54, 1.807) is 6.20 Å². The first-order valence-electron chi connectivity index (χ1n) is 7.16. The summed E-state index contributed by atoms with van der Waals surface area (Å²) in [6, 6.07) is 0. The van der Waals surface area contributed by atoms with E-state index in [2.05, 4.69) is 9.97 Å². The van der Waals surface area contributed by atoms with Gasteiger partial charge in [-0.15, -0.1) is 0 Å². The number of ether oxygens (including phenoxy) is 1. The van der Waals surface area contributed by atoms with Crippen LogP contribution >= 0.6 is 0 Å². The van der Waals surface area contributed by atoms with Crippen LogP contribution in [0.15, 0.2) is 6.20 Å². The van der Waals surface area contributed by atoms with Crippen molar-refractivity contribution < 1.29 is 9.53 Å². The lowest BCUT2D eigenvalue weighted by molar-refractivity contribution is -0.143. The molecule has 1 aromatic heterocycles. The number of hydrogen-bond donors (Lipinski definition) is 1. The SMILES string of the molecule is Cc1cnc(C2CN(C(=O)C3CCCC3)CCO2)[nH]1. The van der Waals surface area contributed by atoms with Crippen LogP contribution in [0.2, 0.25) is 0 Å². The van der Waals surface area contributed by atoms with Crippen LogP contribution in [0, 0.1) is 12.8 Å². The molecule has 1 N–H and O–H groups in total. The van der Waals surface area contributed by atoms with E-state index in [4.69, 9.17) is 4.74 Å². The molecule has 1 saturated carbocycles. The number of nitrogens with one attached hydrogen (secondary N) is 1. The molecule has 104 valence electrons. The van der Waals surface area contributed by atoms with E-state index in [0.29, 0.717) is 25.6 Å². The van der Waals surface area contributed by atoms with Crippen LogP contribution in [0.4, 0.5) is 0 Å². The second kappa shape index (κ2) is 5.33. The van der Waals surface area contributed by atoms with Crippen molar-refractivity contribution in [2.75, 3.05) is 19.7 Å². The number of hydrogen-bond acceptors (Lipinski definition) is 3. The van der Waals surface area contributed by atoms with Crippen LogP contribution < -0.4 is 0 Å². The lowest BCUT2D eigenvalue weighted by atomic mass is 10.1. The summed E-state index contributed by atoms with van der Waals surface area (Å²) in [6.07, 6.45) is 6.20. The predicted molar refractivity (Wildman–Crippen MR) is 70.6 cm³/mol. The summed E-state index contributed by atoms with van der Waals surface area (Å²) in [5.74, 6) is 1.40. The first-order chi connectivity index (χ1) is 9.24. The van der Waals surface area contributed by atoms with Gasteiger partial charge in [-0.2, -0.15) is 0 Å². The molecule has 0 spiro atoms. The number of aryl methyl sites for hydroxylation is 1. The Kier molecular flexibility index (Phi) is 3.55. The van der Waals surface area contributed by atoms with E-state index >= 15 is 0 Å². The van der Waals surface area contributed by atoms with E-state index < -0.39 is 0 Å². The zero-order valence-electron chi connectivity index (χ0n) is 11.4. The van der Waals surface area contributed by atoms with Gasteiger partial charge in [-0.25, -0.2) is 4.98 Å². The quantitative estimate of drug-likeness (QED) is 0.885. The number of amides is 1. The number of aromatic nitrogens is 2. The molecule has 3 rings (SSSR count). The molecule has 5 heteroatoms. The highest BCUT2D eigenvalue weighted by atomic mass is 16.5. The fourth-order valence-electron chi connectivity index (χ4n) is 3.04. The van der Waals surface area contributed by atoms with Gasteiger partial charge in [0.15, 0.2) is 0 Å². The maximum atomic E-state index is 12.4. The number of morpholine rings is 1. The van der Waals surface area contributed by atoms with Crippen LogP contribution in [0.3, 0.4) is 0 Å². The smallest absolute Gasteiger partial charge is 0.225 e. The van der Waals surface area contributed by atoms with Gasteiger partial charge in [0, 0.05) is 24.4 Å². The molecule has 2 heterocycles. The molecular formula is C14H21N3O2. The molecule has 2 fully saturated rings. The summed E-state index contributed by atoms with van der Waals surface area (Å²) in [5, 5.41) is 0. The largest absolute Gasteiger partial charge is 0.367 e. The Balaban J connectivity index is 1.65. The van der Waals surface area contributed by atoms with Crippen LogP contribution in [0.5, 0.6) is 0 Å². The lowest BCUT2D eigenvalue weighted by Gasteiger charge is -2.33. The second-order valence-electron chi connectivity index (χ2n) is 5.58. The number of imidazole rings is 1. The summed E-state index contributed by atoms with van der Waals surface area (Å²) >= 11 is 0. The molecule has 1 aliphatic carbocycles. The first kappa shape index (κ1) is 12.7. The fourth-order valence-corrected chi connectivity index (χ4v) is 3.04. The summed E-state index contributed by atoms with van der Waals surface area (Å²) in [7, 11) is 0. The van der Waals surface area contributed by atoms with Gasteiger partial charge in [0.05, 0.1) is 13.2 Å². The minimum absolute atomic E-state index is 0.104. The molecule has 0 bridgehead atoms. The number of nitrogens with zero attached hydrogens (tertiary/aromatic N) is 2. The van der Waals surface area contributed by atoms with Gasteiger partial charge in [-0.3, -0.25) is 4.79 Å². The van der Waals surface area contributed by atoms with E-state index in [0.717, 1.165) is 24.4 Å². The fraction of sp³-hybridized carbons (Fsp3) is 0.714. The molecule has 1 amide bonds. The molecule has 1 aliphatic heterocycles. The van der Waals surface area contributed by atoms with Crippen molar-refractivity contribution in [2.24, 2.45) is 5.92 Å². The topological polar surface area (TPSA) is 58.2 Å². The monoisotopic (exact) mass is 263 g/mol. The molecule has 1 aromatic rings. The number of H-pyrrole nitrogens is 1. The van der Waals surface area contributed by atoms with Crippen molar-refractivity contribution in [3.05, 3.63) is 17.7 Å². The van der Waals surface area contributed by atoms with E-state index in [-0.39, 0.29) is 12.0 Å². The summed E-state index contributed by atoms with van der Waals surface area (Å²) < 4.78 is 5.73. The van der Waals surface area contributed by atoms with Crippen LogP contribution in [0.1, 0.15) is 43.3 Å². The summed E-state index contributed by atoms with van der Waals surface area (Å²) in [5.41, 5.74) is 1.03. The molecule has 2 aliphatic rings. The third-order valence-corrected chi connectivity index (χ3v) is 4.11. The van der Waals surface area contributed by atoms with E-state index in [1.807, 2.05) is 11.8 Å². The minimum Gasteiger partial charge on any atom is -0.367 e. The van der Waals surface area contributed by atoms with E-state index in [9.17, 15) is 4.79 Å². The van der Waals surface area contributed by atoms with Gasteiger partial charge in [0.1, 0.15) is 11.9 Å². The Hall–Kier alpha value is -1.36. The molecule has 5 nitrogen and oxygen atoms in total. The third kappa shape index (κ3) is 2.66. The van der Waals surface area contributed by atoms with Crippen LogP contribution in [0.25, 0.3) is 0 Å².